The summed E-state index contributed by atoms with van der Waals surface area (Å²) in [5, 5.41) is 6.18. The normalized spacial score (nSPS) is 13.4. The van der Waals surface area contributed by atoms with Gasteiger partial charge in [-0.25, -0.2) is 0 Å². The van der Waals surface area contributed by atoms with Crippen molar-refractivity contribution in [3.8, 4) is 0 Å². The number of H-pyrrole nitrogens is 1. The Morgan fingerprint density at radius 2 is 1.74 bits per heavy atom. The van der Waals surface area contributed by atoms with E-state index in [1.165, 1.54) is 12.4 Å². The van der Waals surface area contributed by atoms with E-state index in [-0.39, 0.29) is 11.7 Å². The molecular weight excluding hydrogens is 368 g/mol. The van der Waals surface area contributed by atoms with E-state index in [0.29, 0.717) is 33.0 Å². The highest BCUT2D eigenvalue weighted by Gasteiger charge is 2.34. The fraction of sp³-hybridized carbons (Fsp3) is 0.158. The number of nitrogens with one attached hydrogen (secondary N) is 3. The Kier molecular flexibility index (Phi) is 4.37. The second kappa shape index (κ2) is 6.85. The van der Waals surface area contributed by atoms with Crippen molar-refractivity contribution in [1.29, 1.82) is 0 Å². The van der Waals surface area contributed by atoms with Crippen LogP contribution in [0.3, 0.4) is 0 Å². The number of aromatic amines is 1. The molecule has 4 rings (SSSR count). The zero-order valence-electron chi connectivity index (χ0n) is 14.1. The molecule has 136 valence electrons. The fourth-order valence-corrected chi connectivity index (χ4v) is 3.00. The van der Waals surface area contributed by atoms with E-state index in [9.17, 15) is 14.4 Å². The van der Waals surface area contributed by atoms with Gasteiger partial charge in [0.15, 0.2) is 5.78 Å². The number of pyridine rings is 1. The van der Waals surface area contributed by atoms with Gasteiger partial charge in [-0.3, -0.25) is 19.4 Å². The van der Waals surface area contributed by atoms with Crippen molar-refractivity contribution in [2.24, 2.45) is 5.92 Å². The Morgan fingerprint density at radius 3 is 2.44 bits per heavy atom. The lowest BCUT2D eigenvalue weighted by atomic mass is 10.1. The second-order valence-corrected chi connectivity index (χ2v) is 6.78. The van der Waals surface area contributed by atoms with Crippen molar-refractivity contribution >= 4 is 51.5 Å². The minimum absolute atomic E-state index is 0.0465. The summed E-state index contributed by atoms with van der Waals surface area (Å²) in [5.41, 5.74) is 1.66. The van der Waals surface area contributed by atoms with E-state index >= 15 is 0 Å². The number of aromatic nitrogens is 2. The lowest BCUT2D eigenvalue weighted by Gasteiger charge is -2.07. The Labute approximate surface area is 159 Å². The summed E-state index contributed by atoms with van der Waals surface area (Å²) in [6.45, 7) is 0. The molecule has 1 fully saturated rings. The van der Waals surface area contributed by atoms with Crippen molar-refractivity contribution < 1.29 is 14.4 Å². The number of fused-ring (bicyclic) bond motifs is 1. The van der Waals surface area contributed by atoms with Crippen LogP contribution >= 0.6 is 11.6 Å². The van der Waals surface area contributed by atoms with Crippen LogP contribution in [0.5, 0.6) is 0 Å². The number of carbonyl (C=O) groups is 3. The first-order valence-corrected chi connectivity index (χ1v) is 8.78. The van der Waals surface area contributed by atoms with Crippen LogP contribution in [0.4, 0.5) is 11.4 Å². The van der Waals surface area contributed by atoms with Crippen LogP contribution < -0.4 is 10.6 Å². The summed E-state index contributed by atoms with van der Waals surface area (Å²) in [5.74, 6) is -1.83. The molecule has 1 aliphatic rings. The SMILES string of the molecule is O=C(Nc1ccncc1)C(=O)Nc1c(C(=O)C2CC2)[nH]c2cc(Cl)ccc12. The Balaban J connectivity index is 1.63. The van der Waals surface area contributed by atoms with Crippen molar-refractivity contribution in [2.75, 3.05) is 10.6 Å². The average Bonchev–Trinajstić information content (AvgIpc) is 3.45. The van der Waals surface area contributed by atoms with Crippen LogP contribution in [0, 0.1) is 5.92 Å². The second-order valence-electron chi connectivity index (χ2n) is 6.35. The number of carbonyl (C=O) groups excluding carboxylic acids is 3. The van der Waals surface area contributed by atoms with Crippen molar-refractivity contribution in [3.05, 3.63) is 53.4 Å². The molecule has 1 aliphatic carbocycles. The molecule has 2 aromatic heterocycles. The smallest absolute Gasteiger partial charge is 0.314 e. The van der Waals surface area contributed by atoms with Crippen LogP contribution in [0.2, 0.25) is 5.02 Å². The lowest BCUT2D eigenvalue weighted by Crippen LogP contribution is -2.29. The summed E-state index contributed by atoms with van der Waals surface area (Å²) in [7, 11) is 0. The maximum atomic E-state index is 12.6. The molecule has 7 nitrogen and oxygen atoms in total. The van der Waals surface area contributed by atoms with Gasteiger partial charge in [-0.1, -0.05) is 11.6 Å². The highest BCUT2D eigenvalue weighted by Crippen LogP contribution is 2.37. The van der Waals surface area contributed by atoms with E-state index in [1.54, 1.807) is 30.3 Å². The number of Topliss-reactive ketones (excluding diaryl/α,β-unsaturated/α-hetero) is 1. The molecule has 1 saturated carbocycles. The predicted molar refractivity (Wildman–Crippen MR) is 102 cm³/mol. The van der Waals surface area contributed by atoms with Gasteiger partial charge < -0.3 is 15.6 Å². The maximum Gasteiger partial charge on any atom is 0.314 e. The minimum Gasteiger partial charge on any atom is -0.350 e. The number of hydrogen-bond donors (Lipinski definition) is 3. The van der Waals surface area contributed by atoms with Gasteiger partial charge in [-0.15, -0.1) is 0 Å². The van der Waals surface area contributed by atoms with Crippen LogP contribution in [-0.2, 0) is 9.59 Å². The third-order valence-electron chi connectivity index (χ3n) is 4.34. The molecule has 0 aliphatic heterocycles. The van der Waals surface area contributed by atoms with Crippen molar-refractivity contribution in [3.63, 3.8) is 0 Å². The molecule has 2 heterocycles. The van der Waals surface area contributed by atoms with Gasteiger partial charge >= 0.3 is 11.8 Å². The highest BCUT2D eigenvalue weighted by atomic mass is 35.5. The van der Waals surface area contributed by atoms with Gasteiger partial charge in [0.25, 0.3) is 0 Å². The summed E-state index contributed by atoms with van der Waals surface area (Å²) in [6, 6.07) is 8.18. The third kappa shape index (κ3) is 3.54. The Bertz CT molecular complexity index is 1060. The first-order chi connectivity index (χ1) is 13.0. The van der Waals surface area contributed by atoms with Gasteiger partial charge in [-0.2, -0.15) is 0 Å². The number of amides is 2. The molecule has 27 heavy (non-hydrogen) atoms. The molecule has 3 aromatic rings. The molecular formula is C19H15ClN4O3. The molecule has 0 spiro atoms. The number of hydrogen-bond acceptors (Lipinski definition) is 4. The molecule has 0 atom stereocenters. The minimum atomic E-state index is -0.868. The maximum absolute atomic E-state index is 12.6. The molecule has 0 unspecified atom stereocenters. The molecule has 1 aromatic carbocycles. The number of anilines is 2. The van der Waals surface area contributed by atoms with Crippen molar-refractivity contribution in [1.82, 2.24) is 9.97 Å². The zero-order valence-corrected chi connectivity index (χ0v) is 14.8. The largest absolute Gasteiger partial charge is 0.350 e. The topological polar surface area (TPSA) is 104 Å². The zero-order chi connectivity index (χ0) is 19.0. The Hall–Kier alpha value is -3.19. The monoisotopic (exact) mass is 382 g/mol. The highest BCUT2D eigenvalue weighted by molar-refractivity contribution is 6.44. The number of nitrogens with zero attached hydrogens (tertiary/aromatic N) is 1. The third-order valence-corrected chi connectivity index (χ3v) is 4.57. The molecule has 2 amide bonds. The Morgan fingerprint density at radius 1 is 1.04 bits per heavy atom. The molecule has 0 bridgehead atoms. The van der Waals surface area contributed by atoms with Crippen LogP contribution in [0.15, 0.2) is 42.7 Å². The first-order valence-electron chi connectivity index (χ1n) is 8.40. The molecule has 8 heteroatoms. The predicted octanol–water partition coefficient (Wildman–Crippen LogP) is 3.39. The first kappa shape index (κ1) is 17.2. The molecule has 3 N–H and O–H groups in total. The van der Waals surface area contributed by atoms with Crippen LogP contribution in [0.25, 0.3) is 10.9 Å². The van der Waals surface area contributed by atoms with E-state index < -0.39 is 11.8 Å². The van der Waals surface area contributed by atoms with E-state index in [0.717, 1.165) is 12.8 Å². The lowest BCUT2D eigenvalue weighted by molar-refractivity contribution is -0.132. The van der Waals surface area contributed by atoms with E-state index in [4.69, 9.17) is 11.6 Å². The van der Waals surface area contributed by atoms with Crippen LogP contribution in [0.1, 0.15) is 23.3 Å². The van der Waals surface area contributed by atoms with Crippen molar-refractivity contribution in [2.45, 2.75) is 12.8 Å². The fourth-order valence-electron chi connectivity index (χ4n) is 2.83. The summed E-state index contributed by atoms with van der Waals surface area (Å²) >= 11 is 6.02. The van der Waals surface area contributed by atoms with Crippen LogP contribution in [-0.4, -0.2) is 27.6 Å². The standard InChI is InChI=1S/C19H15ClN4O3/c20-11-3-4-13-14(9-11)23-16(17(25)10-1-2-10)15(13)24-19(27)18(26)22-12-5-7-21-8-6-12/h3-10,23H,1-2H2,(H,24,27)(H,21,22,26). The van der Waals surface area contributed by atoms with E-state index in [2.05, 4.69) is 20.6 Å². The van der Waals surface area contributed by atoms with Gasteiger partial charge in [-0.05, 0) is 43.2 Å². The average molecular weight is 383 g/mol. The summed E-state index contributed by atoms with van der Waals surface area (Å²) < 4.78 is 0. The van der Waals surface area contributed by atoms with E-state index in [1.807, 2.05) is 0 Å². The van der Waals surface area contributed by atoms with Gasteiger partial charge in [0, 0.05) is 39.9 Å². The number of benzene rings is 1. The van der Waals surface area contributed by atoms with Gasteiger partial charge in [0.2, 0.25) is 0 Å². The van der Waals surface area contributed by atoms with Gasteiger partial charge in [0.05, 0.1) is 5.69 Å². The summed E-state index contributed by atoms with van der Waals surface area (Å²) in [4.78, 5) is 44.1. The molecule has 0 radical (unpaired) electrons. The number of halogens is 1. The summed E-state index contributed by atoms with van der Waals surface area (Å²) in [6.07, 6.45) is 4.66. The number of ketones is 1. The number of rotatable bonds is 4. The quantitative estimate of drug-likeness (QED) is 0.475. The van der Waals surface area contributed by atoms with Gasteiger partial charge in [0.1, 0.15) is 5.69 Å². The molecule has 0 saturated heterocycles.